The molecule has 3 aromatic heterocycles. The predicted molar refractivity (Wildman–Crippen MR) is 98.7 cm³/mol. The largest absolute Gasteiger partial charge is 0.307 e. The van der Waals surface area contributed by atoms with Crippen molar-refractivity contribution in [3.8, 4) is 16.9 Å². The number of nitrogens with zero attached hydrogens (tertiary/aromatic N) is 3. The fourth-order valence-corrected chi connectivity index (χ4v) is 3.35. The van der Waals surface area contributed by atoms with Gasteiger partial charge in [0.2, 0.25) is 0 Å². The minimum atomic E-state index is 0.729. The zero-order valence-corrected chi connectivity index (χ0v) is 14.0. The van der Waals surface area contributed by atoms with Gasteiger partial charge in [0, 0.05) is 40.3 Å². The zero-order chi connectivity index (χ0) is 16.5. The monoisotopic (exact) mass is 333 g/mol. The van der Waals surface area contributed by atoms with Gasteiger partial charge in [-0.2, -0.15) is 0 Å². The molecule has 4 aromatic rings. The highest BCUT2D eigenvalue weighted by atomic mass is 35.5. The first-order valence-corrected chi connectivity index (χ1v) is 8.31. The average molecular weight is 334 g/mol. The van der Waals surface area contributed by atoms with Crippen LogP contribution < -0.4 is 0 Å². The van der Waals surface area contributed by atoms with Crippen molar-refractivity contribution in [3.05, 3.63) is 77.8 Å². The van der Waals surface area contributed by atoms with Crippen LogP contribution in [0, 0.1) is 0 Å². The number of aryl methyl sites for hydroxylation is 1. The second-order valence-electron chi connectivity index (χ2n) is 5.63. The second-order valence-corrected chi connectivity index (χ2v) is 6.06. The Morgan fingerprint density at radius 1 is 0.958 bits per heavy atom. The van der Waals surface area contributed by atoms with E-state index in [0.29, 0.717) is 0 Å². The molecule has 4 heteroatoms. The van der Waals surface area contributed by atoms with Gasteiger partial charge in [-0.05, 0) is 54.4 Å². The van der Waals surface area contributed by atoms with Crippen LogP contribution in [0.25, 0.3) is 27.8 Å². The van der Waals surface area contributed by atoms with Crippen molar-refractivity contribution in [3.63, 3.8) is 0 Å². The molecular weight excluding hydrogens is 318 g/mol. The number of hydrogen-bond donors (Lipinski definition) is 0. The van der Waals surface area contributed by atoms with Gasteiger partial charge in [0.25, 0.3) is 0 Å². The van der Waals surface area contributed by atoms with E-state index >= 15 is 0 Å². The van der Waals surface area contributed by atoms with E-state index in [4.69, 9.17) is 11.6 Å². The molecule has 0 aliphatic carbocycles. The van der Waals surface area contributed by atoms with E-state index in [1.807, 2.05) is 48.9 Å². The molecule has 4 rings (SSSR count). The molecular formula is C20H16ClN3. The highest BCUT2D eigenvalue weighted by molar-refractivity contribution is 6.30. The highest BCUT2D eigenvalue weighted by Gasteiger charge is 2.18. The van der Waals surface area contributed by atoms with Gasteiger partial charge >= 0.3 is 0 Å². The molecule has 0 spiro atoms. The molecule has 0 atom stereocenters. The Kier molecular flexibility index (Phi) is 3.79. The number of halogens is 1. The summed E-state index contributed by atoms with van der Waals surface area (Å²) in [5, 5.41) is 1.95. The smallest absolute Gasteiger partial charge is 0.0721 e. The molecule has 0 saturated carbocycles. The van der Waals surface area contributed by atoms with Gasteiger partial charge in [0.15, 0.2) is 0 Å². The number of hydrogen-bond acceptors (Lipinski definition) is 2. The number of benzene rings is 1. The predicted octanol–water partition coefficient (Wildman–Crippen LogP) is 5.30. The fraction of sp³-hybridized carbons (Fsp3) is 0.100. The summed E-state index contributed by atoms with van der Waals surface area (Å²) in [6.45, 7) is 2.18. The van der Waals surface area contributed by atoms with Gasteiger partial charge in [-0.1, -0.05) is 18.5 Å². The van der Waals surface area contributed by atoms with E-state index in [1.165, 1.54) is 10.9 Å². The lowest BCUT2D eigenvalue weighted by Gasteiger charge is -2.12. The molecule has 0 fully saturated rings. The number of pyridine rings is 2. The van der Waals surface area contributed by atoms with Crippen molar-refractivity contribution < 1.29 is 0 Å². The maximum Gasteiger partial charge on any atom is 0.0721 e. The lowest BCUT2D eigenvalue weighted by Crippen LogP contribution is -1.98. The molecule has 0 saturated heterocycles. The van der Waals surface area contributed by atoms with E-state index < -0.39 is 0 Å². The molecule has 1 aromatic carbocycles. The first-order valence-electron chi connectivity index (χ1n) is 7.93. The van der Waals surface area contributed by atoms with E-state index in [0.717, 1.165) is 33.9 Å². The number of rotatable bonds is 3. The molecule has 0 radical (unpaired) electrons. The summed E-state index contributed by atoms with van der Waals surface area (Å²) in [5.41, 5.74) is 5.72. The van der Waals surface area contributed by atoms with Crippen LogP contribution in [0.3, 0.4) is 0 Å². The van der Waals surface area contributed by atoms with Crippen LogP contribution in [0.5, 0.6) is 0 Å². The minimum absolute atomic E-state index is 0.729. The van der Waals surface area contributed by atoms with Crippen LogP contribution in [0.15, 0.2) is 67.3 Å². The molecule has 118 valence electrons. The molecule has 3 nitrogen and oxygen atoms in total. The Morgan fingerprint density at radius 3 is 2.46 bits per heavy atom. The van der Waals surface area contributed by atoms with E-state index in [2.05, 4.69) is 33.6 Å². The van der Waals surface area contributed by atoms with Gasteiger partial charge < -0.3 is 4.57 Å². The Balaban J connectivity index is 2.12. The Morgan fingerprint density at radius 2 is 1.75 bits per heavy atom. The summed E-state index contributed by atoms with van der Waals surface area (Å²) in [4.78, 5) is 8.64. The maximum absolute atomic E-state index is 6.08. The van der Waals surface area contributed by atoms with Gasteiger partial charge in [0.05, 0.1) is 17.4 Å². The highest BCUT2D eigenvalue weighted by Crippen LogP contribution is 2.36. The van der Waals surface area contributed by atoms with E-state index in [1.54, 1.807) is 6.20 Å². The van der Waals surface area contributed by atoms with E-state index in [-0.39, 0.29) is 0 Å². The lowest BCUT2D eigenvalue weighted by atomic mass is 10.1. The SMILES string of the molecule is CCc1c(-c2cccnc2)n(-c2ccc(Cl)cc2)c2cnccc12. The average Bonchev–Trinajstić information content (AvgIpc) is 2.97. The third kappa shape index (κ3) is 2.38. The Hall–Kier alpha value is -2.65. The van der Waals surface area contributed by atoms with Crippen LogP contribution in [-0.2, 0) is 6.42 Å². The quantitative estimate of drug-likeness (QED) is 0.509. The van der Waals surface area contributed by atoms with Crippen LogP contribution in [0.1, 0.15) is 12.5 Å². The van der Waals surface area contributed by atoms with Gasteiger partial charge in [-0.3, -0.25) is 9.97 Å². The summed E-state index contributed by atoms with van der Waals surface area (Å²) in [7, 11) is 0. The van der Waals surface area contributed by atoms with Crippen molar-refractivity contribution in [1.82, 2.24) is 14.5 Å². The van der Waals surface area contributed by atoms with Gasteiger partial charge in [-0.15, -0.1) is 0 Å². The molecule has 0 amide bonds. The molecule has 0 N–H and O–H groups in total. The Bertz CT molecular complexity index is 989. The van der Waals surface area contributed by atoms with Gasteiger partial charge in [0.1, 0.15) is 0 Å². The number of fused-ring (bicyclic) bond motifs is 1. The zero-order valence-electron chi connectivity index (χ0n) is 13.3. The maximum atomic E-state index is 6.08. The van der Waals surface area contributed by atoms with Crippen LogP contribution in [0.2, 0.25) is 5.02 Å². The summed E-state index contributed by atoms with van der Waals surface area (Å²) < 4.78 is 2.24. The molecule has 0 unspecified atom stereocenters. The van der Waals surface area contributed by atoms with Crippen LogP contribution in [-0.4, -0.2) is 14.5 Å². The standard InChI is InChI=1S/C20H16ClN3/c1-2-17-18-9-11-23-13-19(18)24(16-7-5-15(21)6-8-16)20(17)14-4-3-10-22-12-14/h3-13H,2H2,1H3. The first-order chi connectivity index (χ1) is 11.8. The van der Waals surface area contributed by atoms with Crippen molar-refractivity contribution in [1.29, 1.82) is 0 Å². The van der Waals surface area contributed by atoms with Crippen molar-refractivity contribution >= 4 is 22.5 Å². The lowest BCUT2D eigenvalue weighted by molar-refractivity contribution is 1.08. The summed E-state index contributed by atoms with van der Waals surface area (Å²) >= 11 is 6.08. The third-order valence-electron chi connectivity index (χ3n) is 4.25. The van der Waals surface area contributed by atoms with Crippen molar-refractivity contribution in [2.24, 2.45) is 0 Å². The molecule has 0 bridgehead atoms. The van der Waals surface area contributed by atoms with Gasteiger partial charge in [-0.25, -0.2) is 0 Å². The minimum Gasteiger partial charge on any atom is -0.307 e. The molecule has 24 heavy (non-hydrogen) atoms. The number of aromatic nitrogens is 3. The molecule has 0 aliphatic heterocycles. The van der Waals surface area contributed by atoms with E-state index in [9.17, 15) is 0 Å². The van der Waals surface area contributed by atoms with Crippen molar-refractivity contribution in [2.75, 3.05) is 0 Å². The summed E-state index contributed by atoms with van der Waals surface area (Å²) in [6.07, 6.45) is 8.41. The molecule has 3 heterocycles. The second kappa shape index (κ2) is 6.10. The summed E-state index contributed by atoms with van der Waals surface area (Å²) in [5.74, 6) is 0. The third-order valence-corrected chi connectivity index (χ3v) is 4.50. The first kappa shape index (κ1) is 14.9. The van der Waals surface area contributed by atoms with Crippen LogP contribution in [0.4, 0.5) is 0 Å². The molecule has 0 aliphatic rings. The van der Waals surface area contributed by atoms with Crippen molar-refractivity contribution in [2.45, 2.75) is 13.3 Å². The summed E-state index contributed by atoms with van der Waals surface area (Å²) in [6, 6.07) is 14.1. The topological polar surface area (TPSA) is 30.7 Å². The fourth-order valence-electron chi connectivity index (χ4n) is 3.22. The Labute approximate surface area is 145 Å². The van der Waals surface area contributed by atoms with Crippen LogP contribution >= 0.6 is 11.6 Å². The normalized spacial score (nSPS) is 11.1.